The maximum absolute atomic E-state index is 6.17. The predicted molar refractivity (Wildman–Crippen MR) is 85.7 cm³/mol. The summed E-state index contributed by atoms with van der Waals surface area (Å²) in [6.07, 6.45) is 5.38. The third-order valence-electron chi connectivity index (χ3n) is 3.93. The lowest BCUT2D eigenvalue weighted by atomic mass is 9.89. The summed E-state index contributed by atoms with van der Waals surface area (Å²) >= 11 is 14.0. The summed E-state index contributed by atoms with van der Waals surface area (Å²) in [6.45, 7) is 0.945. The zero-order chi connectivity index (χ0) is 13.3. The molecule has 0 aromatic heterocycles. The van der Waals surface area contributed by atoms with Crippen LogP contribution in [0.25, 0.3) is 0 Å². The van der Waals surface area contributed by atoms with Crippen LogP contribution in [0, 0.1) is 5.41 Å². The lowest BCUT2D eigenvalue weighted by Gasteiger charge is -2.31. The zero-order valence-electron chi connectivity index (χ0n) is 10.6. The fourth-order valence-corrected chi connectivity index (χ4v) is 4.28. The summed E-state index contributed by atoms with van der Waals surface area (Å²) < 4.78 is 0. The van der Waals surface area contributed by atoms with Crippen molar-refractivity contribution in [3.05, 3.63) is 28.2 Å². The van der Waals surface area contributed by atoms with Gasteiger partial charge in [0.15, 0.2) is 5.17 Å². The number of rotatable bonds is 1. The minimum Gasteiger partial charge on any atom is -0.334 e. The standard InChI is InChI=1S/C14H16Cl2N2S/c15-10-4-3-5-11(12(10)16)18-13-17-8-14(9-19-13)6-1-2-7-14/h3-5H,1-2,6-9H2,(H,17,18). The Bertz CT molecular complexity index is 510. The van der Waals surface area contributed by atoms with Crippen molar-refractivity contribution >= 4 is 45.8 Å². The maximum Gasteiger partial charge on any atom is 0.161 e. The smallest absolute Gasteiger partial charge is 0.161 e. The number of halogens is 2. The molecule has 0 bridgehead atoms. The van der Waals surface area contributed by atoms with Crippen LogP contribution >= 0.6 is 35.0 Å². The molecule has 1 aliphatic carbocycles. The van der Waals surface area contributed by atoms with E-state index in [2.05, 4.69) is 5.32 Å². The second-order valence-electron chi connectivity index (χ2n) is 5.34. The van der Waals surface area contributed by atoms with Crippen LogP contribution in [-0.2, 0) is 0 Å². The van der Waals surface area contributed by atoms with E-state index in [1.165, 1.54) is 25.7 Å². The molecule has 1 aromatic rings. The van der Waals surface area contributed by atoms with E-state index < -0.39 is 0 Å². The van der Waals surface area contributed by atoms with E-state index in [-0.39, 0.29) is 0 Å². The van der Waals surface area contributed by atoms with Gasteiger partial charge in [-0.05, 0) is 30.4 Å². The molecule has 2 aliphatic rings. The molecule has 1 N–H and O–H groups in total. The monoisotopic (exact) mass is 314 g/mol. The average molecular weight is 315 g/mol. The molecular weight excluding hydrogens is 299 g/mol. The normalized spacial score (nSPS) is 21.5. The first-order chi connectivity index (χ1) is 9.19. The Balaban J connectivity index is 1.71. The van der Waals surface area contributed by atoms with Gasteiger partial charge in [-0.3, -0.25) is 4.99 Å². The largest absolute Gasteiger partial charge is 0.334 e. The van der Waals surface area contributed by atoms with E-state index in [4.69, 9.17) is 28.2 Å². The van der Waals surface area contributed by atoms with Gasteiger partial charge < -0.3 is 5.32 Å². The topological polar surface area (TPSA) is 24.4 Å². The third-order valence-corrected chi connectivity index (χ3v) is 6.01. The van der Waals surface area contributed by atoms with Crippen molar-refractivity contribution < 1.29 is 0 Å². The molecule has 0 atom stereocenters. The van der Waals surface area contributed by atoms with Crippen LogP contribution in [0.2, 0.25) is 10.0 Å². The van der Waals surface area contributed by atoms with Crippen molar-refractivity contribution in [2.75, 3.05) is 17.6 Å². The number of aliphatic imine (C=N–C) groups is 1. The van der Waals surface area contributed by atoms with Gasteiger partial charge >= 0.3 is 0 Å². The number of hydrogen-bond donors (Lipinski definition) is 1. The number of anilines is 1. The van der Waals surface area contributed by atoms with Crippen molar-refractivity contribution in [1.29, 1.82) is 0 Å². The summed E-state index contributed by atoms with van der Waals surface area (Å²) in [5.74, 6) is 1.16. The zero-order valence-corrected chi connectivity index (χ0v) is 12.9. The highest BCUT2D eigenvalue weighted by atomic mass is 35.5. The predicted octanol–water partition coefficient (Wildman–Crippen LogP) is 5.07. The van der Waals surface area contributed by atoms with Gasteiger partial charge in [0.1, 0.15) is 0 Å². The van der Waals surface area contributed by atoms with E-state index in [1.54, 1.807) is 17.8 Å². The molecule has 102 valence electrons. The molecule has 1 saturated carbocycles. The summed E-state index contributed by atoms with van der Waals surface area (Å²) in [7, 11) is 0. The van der Waals surface area contributed by atoms with Gasteiger partial charge in [0, 0.05) is 12.3 Å². The molecule has 1 fully saturated rings. The quantitative estimate of drug-likeness (QED) is 0.782. The van der Waals surface area contributed by atoms with Gasteiger partial charge in [-0.15, -0.1) is 0 Å². The highest BCUT2D eigenvalue weighted by Gasteiger charge is 2.36. The number of thioether (sulfide) groups is 1. The molecule has 2 nitrogen and oxygen atoms in total. The fourth-order valence-electron chi connectivity index (χ4n) is 2.77. The molecule has 0 saturated heterocycles. The van der Waals surface area contributed by atoms with E-state index in [9.17, 15) is 0 Å². The minimum atomic E-state index is 0.466. The van der Waals surface area contributed by atoms with E-state index >= 15 is 0 Å². The van der Waals surface area contributed by atoms with Crippen LogP contribution < -0.4 is 5.32 Å². The highest BCUT2D eigenvalue weighted by Crippen LogP contribution is 2.43. The number of benzene rings is 1. The van der Waals surface area contributed by atoms with E-state index in [0.29, 0.717) is 15.5 Å². The lowest BCUT2D eigenvalue weighted by molar-refractivity contribution is 0.359. The van der Waals surface area contributed by atoms with Crippen LogP contribution in [0.1, 0.15) is 25.7 Å². The van der Waals surface area contributed by atoms with Gasteiger partial charge in [-0.25, -0.2) is 0 Å². The summed E-state index contributed by atoms with van der Waals surface area (Å²) in [4.78, 5) is 4.70. The average Bonchev–Trinajstić information content (AvgIpc) is 2.86. The Labute approximate surface area is 128 Å². The Kier molecular flexibility index (Phi) is 3.97. The van der Waals surface area contributed by atoms with E-state index in [1.807, 2.05) is 12.1 Å². The van der Waals surface area contributed by atoms with Crippen LogP contribution in [0.4, 0.5) is 5.69 Å². The molecule has 1 spiro atoms. The molecule has 1 aliphatic heterocycles. The molecule has 1 heterocycles. The first-order valence-electron chi connectivity index (χ1n) is 6.57. The van der Waals surface area contributed by atoms with Gasteiger partial charge in [0.05, 0.1) is 15.7 Å². The van der Waals surface area contributed by atoms with Crippen molar-refractivity contribution in [2.24, 2.45) is 10.4 Å². The highest BCUT2D eigenvalue weighted by molar-refractivity contribution is 8.14. The molecule has 19 heavy (non-hydrogen) atoms. The number of hydrogen-bond acceptors (Lipinski definition) is 3. The van der Waals surface area contributed by atoms with Crippen molar-refractivity contribution in [3.63, 3.8) is 0 Å². The van der Waals surface area contributed by atoms with Crippen LogP contribution in [0.5, 0.6) is 0 Å². The lowest BCUT2D eigenvalue weighted by Crippen LogP contribution is -2.30. The number of nitrogens with zero attached hydrogens (tertiary/aromatic N) is 1. The second kappa shape index (κ2) is 5.55. The second-order valence-corrected chi connectivity index (χ2v) is 7.09. The van der Waals surface area contributed by atoms with Crippen LogP contribution in [0.3, 0.4) is 0 Å². The molecule has 1 aromatic carbocycles. The molecule has 0 amide bonds. The Morgan fingerprint density at radius 1 is 1.21 bits per heavy atom. The SMILES string of the molecule is Clc1cccc(NC2=NCC3(CCCC3)CS2)c1Cl. The van der Waals surface area contributed by atoms with Crippen LogP contribution in [-0.4, -0.2) is 17.5 Å². The van der Waals surface area contributed by atoms with Crippen molar-refractivity contribution in [2.45, 2.75) is 25.7 Å². The van der Waals surface area contributed by atoms with Crippen LogP contribution in [0.15, 0.2) is 23.2 Å². The summed E-state index contributed by atoms with van der Waals surface area (Å²) in [5, 5.41) is 5.39. The van der Waals surface area contributed by atoms with Gasteiger partial charge in [0.2, 0.25) is 0 Å². The molecule has 0 radical (unpaired) electrons. The van der Waals surface area contributed by atoms with E-state index in [0.717, 1.165) is 23.2 Å². The van der Waals surface area contributed by atoms with Gasteiger partial charge in [-0.1, -0.05) is 53.9 Å². The molecule has 3 rings (SSSR count). The minimum absolute atomic E-state index is 0.466. The Hall–Kier alpha value is -0.380. The number of amidine groups is 1. The van der Waals surface area contributed by atoms with Gasteiger partial charge in [0.25, 0.3) is 0 Å². The molecule has 0 unspecified atom stereocenters. The van der Waals surface area contributed by atoms with Gasteiger partial charge in [-0.2, -0.15) is 0 Å². The third kappa shape index (κ3) is 2.88. The first-order valence-corrected chi connectivity index (χ1v) is 8.31. The molecule has 5 heteroatoms. The molecular formula is C14H16Cl2N2S. The Morgan fingerprint density at radius 2 is 2.00 bits per heavy atom. The summed E-state index contributed by atoms with van der Waals surface area (Å²) in [5.41, 5.74) is 1.30. The number of nitrogens with one attached hydrogen (secondary N) is 1. The Morgan fingerprint density at radius 3 is 2.68 bits per heavy atom. The first kappa shape index (κ1) is 13.6. The maximum atomic E-state index is 6.17. The summed E-state index contributed by atoms with van der Waals surface area (Å²) in [6, 6.07) is 5.61. The fraction of sp³-hybridized carbons (Fsp3) is 0.500. The van der Waals surface area contributed by atoms with Crippen molar-refractivity contribution in [3.8, 4) is 0 Å². The van der Waals surface area contributed by atoms with Crippen molar-refractivity contribution in [1.82, 2.24) is 0 Å².